The van der Waals surface area contributed by atoms with E-state index >= 15 is 0 Å². The van der Waals surface area contributed by atoms with E-state index in [1.165, 1.54) is 35.6 Å². The molecule has 29 nitrogen and oxygen atoms in total. The molecule has 3 amide bonds. The number of carboxylic acids is 1. The van der Waals surface area contributed by atoms with E-state index in [9.17, 15) is 24.3 Å². The van der Waals surface area contributed by atoms with Gasteiger partial charge in [-0.25, -0.2) is 39.7 Å². The molecular formula is C63H74N16O13S2. The number of carbonyl (C=O) groups excluding carboxylic acids is 3. The van der Waals surface area contributed by atoms with Crippen LogP contribution in [-0.4, -0.2) is 100 Å². The number of carboxylic acid groups (broad SMARTS) is 1. The number of aliphatic carboxylic acids is 1. The Hall–Kier alpha value is -10.6. The summed E-state index contributed by atoms with van der Waals surface area (Å²) < 4.78 is 46.3. The van der Waals surface area contributed by atoms with Gasteiger partial charge in [0.2, 0.25) is 53.1 Å². The number of allylic oxidation sites excluding steroid dienone is 1. The number of aromatic nitrogens is 7. The summed E-state index contributed by atoms with van der Waals surface area (Å²) in [7, 11) is 0. The number of aryl methyl sites for hydroxylation is 3. The number of hydrogen-bond acceptors (Lipinski definition) is 25. The average Bonchev–Trinajstić information content (AvgIpc) is 1.65. The predicted molar refractivity (Wildman–Crippen MR) is 349 cm³/mol. The van der Waals surface area contributed by atoms with Crippen LogP contribution in [0.1, 0.15) is 142 Å². The fourth-order valence-electron chi connectivity index (χ4n) is 9.05. The number of rotatable bonds is 33. The molecule has 0 aliphatic heterocycles. The third-order valence-corrected chi connectivity index (χ3v) is 16.4. The quantitative estimate of drug-likeness (QED) is 0.00791. The van der Waals surface area contributed by atoms with E-state index in [0.717, 1.165) is 42.3 Å². The number of nitrogens with two attached hydrogens (primary N) is 3. The molecule has 496 valence electrons. The maximum atomic E-state index is 14.4. The highest BCUT2D eigenvalue weighted by atomic mass is 32.2. The van der Waals surface area contributed by atoms with E-state index in [2.05, 4.69) is 64.3 Å². The van der Waals surface area contributed by atoms with Crippen LogP contribution < -0.4 is 38.5 Å². The largest absolute Gasteiger partial charge is 0.480 e. The topological polar surface area (TPSA) is 450 Å². The summed E-state index contributed by atoms with van der Waals surface area (Å²) in [6, 6.07) is 5.92. The van der Waals surface area contributed by atoms with Crippen LogP contribution in [0.15, 0.2) is 111 Å². The van der Waals surface area contributed by atoms with Gasteiger partial charge >= 0.3 is 5.97 Å². The molecule has 8 rings (SSSR count). The smallest absolute Gasteiger partial charge is 0.326 e. The van der Waals surface area contributed by atoms with Crippen LogP contribution in [0.5, 0.6) is 0 Å². The van der Waals surface area contributed by atoms with Gasteiger partial charge in [-0.2, -0.15) is 0 Å². The first-order valence-electron chi connectivity index (χ1n) is 29.8. The number of unbranched alkanes of at least 4 members (excludes halogenated alkanes) is 1. The maximum Gasteiger partial charge on any atom is 0.326 e. The highest BCUT2D eigenvalue weighted by molar-refractivity contribution is 8.05. The van der Waals surface area contributed by atoms with Crippen molar-refractivity contribution in [3.63, 3.8) is 0 Å². The molecular weight excluding hydrogens is 1250 g/mol. The minimum atomic E-state index is -1.19. The lowest BCUT2D eigenvalue weighted by atomic mass is 9.95. The number of carbonyl (C=O) groups is 4. The molecule has 13 N–H and O–H groups in total. The van der Waals surface area contributed by atoms with Crippen molar-refractivity contribution in [1.29, 1.82) is 10.8 Å². The summed E-state index contributed by atoms with van der Waals surface area (Å²) in [4.78, 5) is 85.7. The van der Waals surface area contributed by atoms with Crippen molar-refractivity contribution in [3.05, 3.63) is 142 Å². The Labute approximate surface area is 548 Å². The molecule has 31 heteroatoms. The van der Waals surface area contributed by atoms with E-state index in [0.29, 0.717) is 53.0 Å². The van der Waals surface area contributed by atoms with Crippen molar-refractivity contribution in [1.82, 2.24) is 56.2 Å². The van der Waals surface area contributed by atoms with Crippen molar-refractivity contribution >= 4 is 75.8 Å². The average molecular weight is 1330 g/mol. The van der Waals surface area contributed by atoms with Gasteiger partial charge in [-0.15, -0.1) is 23.1 Å². The summed E-state index contributed by atoms with van der Waals surface area (Å²) in [5.41, 5.74) is 20.3. The van der Waals surface area contributed by atoms with Crippen LogP contribution in [0.2, 0.25) is 0 Å². The zero-order valence-corrected chi connectivity index (χ0v) is 54.5. The second-order valence-electron chi connectivity index (χ2n) is 21.9. The molecule has 0 fully saturated rings. The molecule has 0 saturated heterocycles. The molecule has 0 saturated carbocycles. The lowest BCUT2D eigenvalue weighted by Gasteiger charge is -2.27. The molecule has 1 unspecified atom stereocenters. The second-order valence-corrected chi connectivity index (χ2v) is 23.8. The SMILES string of the molecule is C=C(CCCCNC(=N)N)S/C=C(\N)c1nc(-c2nc(-c3nc(-c4nc(C(=O)N[C@H](C(=O)N[C@H](c5nc(C(=C)O/C=C(\N)c6nc(-c7nc(C(=N)OC(C)CC(=O)N[C@@H](Cc8ccccc8)C(=O)O)co7)co6)co5)[C@@H](C)CC)[C@@H](C)CC)c(C)o4)c(C)o3)cs2)c(C)o1. The Morgan fingerprint density at radius 1 is 0.755 bits per heavy atom. The molecule has 0 radical (unpaired) electrons. The van der Waals surface area contributed by atoms with Crippen LogP contribution in [0, 0.1) is 43.4 Å². The van der Waals surface area contributed by atoms with E-state index in [1.807, 2.05) is 27.7 Å². The van der Waals surface area contributed by atoms with Gasteiger partial charge in [-0.1, -0.05) is 84.0 Å². The number of ether oxygens (including phenoxy) is 2. The zero-order valence-electron chi connectivity index (χ0n) is 52.9. The van der Waals surface area contributed by atoms with Crippen LogP contribution in [0.4, 0.5) is 0 Å². The monoisotopic (exact) mass is 1330 g/mol. The van der Waals surface area contributed by atoms with Gasteiger partial charge in [-0.3, -0.25) is 25.2 Å². The lowest BCUT2D eigenvalue weighted by molar-refractivity contribution is -0.142. The lowest BCUT2D eigenvalue weighted by Crippen LogP contribution is -2.51. The number of benzene rings is 1. The molecule has 1 aromatic carbocycles. The Bertz CT molecular complexity index is 4100. The van der Waals surface area contributed by atoms with Crippen LogP contribution in [0.25, 0.3) is 62.6 Å². The molecule has 0 bridgehead atoms. The molecule has 6 atom stereocenters. The normalized spacial score (nSPS) is 13.7. The predicted octanol–water partition coefficient (Wildman–Crippen LogP) is 9.75. The molecule has 94 heavy (non-hydrogen) atoms. The van der Waals surface area contributed by atoms with E-state index < -0.39 is 53.8 Å². The van der Waals surface area contributed by atoms with Crippen molar-refractivity contribution < 1.29 is 60.3 Å². The van der Waals surface area contributed by atoms with Crippen LogP contribution in [-0.2, 0) is 30.3 Å². The van der Waals surface area contributed by atoms with E-state index in [-0.39, 0.29) is 112 Å². The second kappa shape index (κ2) is 31.6. The summed E-state index contributed by atoms with van der Waals surface area (Å²) in [6.45, 7) is 22.9. The third-order valence-electron chi connectivity index (χ3n) is 14.6. The van der Waals surface area contributed by atoms with Gasteiger partial charge in [0, 0.05) is 23.8 Å². The first-order chi connectivity index (χ1) is 44.9. The number of hydrogen-bond donors (Lipinski definition) is 10. The molecule has 7 heterocycles. The number of nitrogens with zero attached hydrogens (tertiary/aromatic N) is 7. The molecule has 0 aliphatic rings. The van der Waals surface area contributed by atoms with Crippen LogP contribution >= 0.6 is 23.1 Å². The van der Waals surface area contributed by atoms with Gasteiger partial charge in [0.1, 0.15) is 106 Å². The van der Waals surface area contributed by atoms with Gasteiger partial charge in [0.25, 0.3) is 5.91 Å². The minimum absolute atomic E-state index is 0.0144. The Balaban J connectivity index is 0.847. The van der Waals surface area contributed by atoms with Crippen molar-refractivity contribution in [3.8, 4) is 45.5 Å². The molecule has 8 aromatic rings. The zero-order chi connectivity index (χ0) is 67.9. The first kappa shape index (κ1) is 69.3. The minimum Gasteiger partial charge on any atom is -0.480 e. The fraction of sp³-hybridized carbons (Fsp3) is 0.349. The summed E-state index contributed by atoms with van der Waals surface area (Å²) >= 11 is 2.69. The standard InChI is InChI=1S/C63H74N16O13S2/c1-11-30(3)47(75-54(82)49-35(8)92-60(77-49)50-36(9)91-58(78-50)45-29-94-61(74-45)51-37(10)90-56(79-51)40(65)28-93-33(6)18-16-17-21-69-63(67)68)53(81)76-48(31(4)12-2)59-71-42(25-88-59)34(7)85-24-39(64)55-73-44(27-86-55)57-72-43(26-87-57)52(66)89-32(5)22-46(80)70-41(62(83)84)23-38-19-14-13-15-20-38/h13-15,19-20,24-32,41,47-48,66H,6-7,11-12,16-18,21-23,64-65H2,1-5,8-10H3,(H,70,80)(H,75,82)(H,76,81)(H,83,84)(H4,67,68,69)/b39-24-,40-28-,66-52?/t30-,31-,32?,41-,47-,48-/m0/s1. The summed E-state index contributed by atoms with van der Waals surface area (Å²) in [5, 5.41) is 40.6. The number of nitrogens with one attached hydrogen (secondary N) is 6. The molecule has 7 aromatic heterocycles. The van der Waals surface area contributed by atoms with Gasteiger partial charge in [-0.05, 0) is 69.3 Å². The van der Waals surface area contributed by atoms with Crippen molar-refractivity contribution in [2.45, 2.75) is 125 Å². The Kier molecular flexibility index (Phi) is 23.3. The van der Waals surface area contributed by atoms with Gasteiger partial charge in [0.05, 0.1) is 6.42 Å². The van der Waals surface area contributed by atoms with Crippen molar-refractivity contribution in [2.24, 2.45) is 29.0 Å². The highest BCUT2D eigenvalue weighted by Crippen LogP contribution is 2.35. The van der Waals surface area contributed by atoms with Gasteiger partial charge in [0.15, 0.2) is 28.7 Å². The molecule has 0 aliphatic carbocycles. The molecule has 0 spiro atoms. The third kappa shape index (κ3) is 17.9. The number of thiazole rings is 1. The Morgan fingerprint density at radius 3 is 2.20 bits per heavy atom. The Morgan fingerprint density at radius 2 is 1.48 bits per heavy atom. The number of oxazole rings is 6. The summed E-state index contributed by atoms with van der Waals surface area (Å²) in [6.07, 6.45) is 7.40. The van der Waals surface area contributed by atoms with Crippen LogP contribution in [0.3, 0.4) is 0 Å². The highest BCUT2D eigenvalue weighted by Gasteiger charge is 2.34. The van der Waals surface area contributed by atoms with Gasteiger partial charge < -0.3 is 79.6 Å². The summed E-state index contributed by atoms with van der Waals surface area (Å²) in [5.74, 6) is -2.49. The number of amides is 3. The number of guanidine groups is 1. The first-order valence-corrected chi connectivity index (χ1v) is 31.5. The maximum absolute atomic E-state index is 14.4. The fourth-order valence-corrected chi connectivity index (χ4v) is 10.5. The number of thioether (sulfide) groups is 1. The van der Waals surface area contributed by atoms with E-state index in [1.54, 1.807) is 68.8 Å². The van der Waals surface area contributed by atoms with Crippen molar-refractivity contribution in [2.75, 3.05) is 6.54 Å². The van der Waals surface area contributed by atoms with E-state index in [4.69, 9.17) is 69.0 Å².